The smallest absolute Gasteiger partial charge is 0.307 e. The Hall–Kier alpha value is -3.04. The van der Waals surface area contributed by atoms with E-state index in [2.05, 4.69) is 15.1 Å². The maximum Gasteiger partial charge on any atom is 0.307 e. The number of anilines is 2. The summed E-state index contributed by atoms with van der Waals surface area (Å²) in [5, 5.41) is 14.7. The maximum absolute atomic E-state index is 12.1. The Balaban J connectivity index is 1.59. The quantitative estimate of drug-likeness (QED) is 0.646. The van der Waals surface area contributed by atoms with Crippen LogP contribution in [0.1, 0.15) is 24.9 Å². The number of nitrogens with zero attached hydrogens (tertiary/aromatic N) is 6. The van der Waals surface area contributed by atoms with E-state index in [-0.39, 0.29) is 29.4 Å². The Morgan fingerprint density at radius 2 is 2.25 bits per heavy atom. The number of carbonyl (C=O) groups excluding carboxylic acids is 1. The van der Waals surface area contributed by atoms with Crippen LogP contribution < -0.4 is 10.6 Å². The van der Waals surface area contributed by atoms with Crippen molar-refractivity contribution in [1.29, 1.82) is 0 Å². The molecule has 1 unspecified atom stereocenters. The lowest BCUT2D eigenvalue weighted by Gasteiger charge is -2.18. The van der Waals surface area contributed by atoms with Crippen molar-refractivity contribution in [2.75, 3.05) is 17.2 Å². The summed E-state index contributed by atoms with van der Waals surface area (Å²) in [6.07, 6.45) is 5.01. The summed E-state index contributed by atoms with van der Waals surface area (Å²) in [4.78, 5) is 32.4. The van der Waals surface area contributed by atoms with Gasteiger partial charge in [0.15, 0.2) is 0 Å². The molecule has 10 nitrogen and oxygen atoms in total. The van der Waals surface area contributed by atoms with Gasteiger partial charge in [0.1, 0.15) is 18.2 Å². The minimum absolute atomic E-state index is 0.0582. The van der Waals surface area contributed by atoms with Crippen LogP contribution in [0, 0.1) is 22.0 Å². The number of piperidine rings is 1. The largest absolute Gasteiger partial charge is 0.383 e. The van der Waals surface area contributed by atoms with E-state index in [1.807, 2.05) is 0 Å². The second kappa shape index (κ2) is 4.98. The Morgan fingerprint density at radius 1 is 1.46 bits per heavy atom. The summed E-state index contributed by atoms with van der Waals surface area (Å²) in [5.74, 6) is 1.15. The lowest BCUT2D eigenvalue weighted by atomic mass is 10.1. The molecule has 1 amide bonds. The Labute approximate surface area is 136 Å². The summed E-state index contributed by atoms with van der Waals surface area (Å²) in [6, 6.07) is -0.365. The molecule has 10 heteroatoms. The molecule has 1 aliphatic heterocycles. The molecule has 2 aliphatic rings. The average molecular weight is 329 g/mol. The molecule has 0 spiro atoms. The first-order chi connectivity index (χ1) is 11.5. The first kappa shape index (κ1) is 14.5. The van der Waals surface area contributed by atoms with E-state index in [9.17, 15) is 14.9 Å². The molecule has 0 aromatic carbocycles. The zero-order valence-corrected chi connectivity index (χ0v) is 12.9. The van der Waals surface area contributed by atoms with Gasteiger partial charge in [-0.2, -0.15) is 10.1 Å². The topological polar surface area (TPSA) is 133 Å². The number of rotatable bonds is 4. The first-order valence-corrected chi connectivity index (χ1v) is 7.58. The molecule has 3 atom stereocenters. The molecule has 0 radical (unpaired) electrons. The van der Waals surface area contributed by atoms with Crippen molar-refractivity contribution < 1.29 is 9.72 Å². The van der Waals surface area contributed by atoms with Gasteiger partial charge >= 0.3 is 5.69 Å². The number of aromatic nitrogens is 4. The molecule has 4 rings (SSSR count). The van der Waals surface area contributed by atoms with Crippen molar-refractivity contribution in [1.82, 2.24) is 19.7 Å². The van der Waals surface area contributed by atoms with Crippen LogP contribution in [0.2, 0.25) is 0 Å². The van der Waals surface area contributed by atoms with E-state index in [1.54, 1.807) is 18.0 Å². The van der Waals surface area contributed by atoms with Gasteiger partial charge in [-0.15, -0.1) is 0 Å². The fourth-order valence-corrected chi connectivity index (χ4v) is 3.08. The summed E-state index contributed by atoms with van der Waals surface area (Å²) in [7, 11) is 0. The molecule has 124 valence electrons. The van der Waals surface area contributed by atoms with E-state index < -0.39 is 4.92 Å². The van der Waals surface area contributed by atoms with Crippen LogP contribution in [0.3, 0.4) is 0 Å². The number of hydrogen-bond acceptors (Lipinski definition) is 7. The van der Waals surface area contributed by atoms with Gasteiger partial charge in [-0.3, -0.25) is 24.5 Å². The van der Waals surface area contributed by atoms with Gasteiger partial charge in [-0.1, -0.05) is 0 Å². The standard InChI is InChI=1S/C14H15N7O3/c1-7(20-6-9(3-17-20)21(23)24)11-4-16-14(18-12(11)15)19-5-8-2-10(8)13(19)22/h3-4,6-8,10H,2,5H2,1H3,(H2,15,16,18)/t7?,8-,10-/m1/s1. The number of amides is 1. The zero-order chi connectivity index (χ0) is 17.0. The maximum atomic E-state index is 12.1. The van der Waals surface area contributed by atoms with Crippen molar-refractivity contribution >= 4 is 23.4 Å². The Morgan fingerprint density at radius 3 is 2.83 bits per heavy atom. The van der Waals surface area contributed by atoms with E-state index in [0.29, 0.717) is 24.0 Å². The monoisotopic (exact) mass is 329 g/mol. The molecule has 0 bridgehead atoms. The summed E-state index contributed by atoms with van der Waals surface area (Å²) < 4.78 is 1.43. The number of hydrogen-bond donors (Lipinski definition) is 1. The molecule has 2 N–H and O–H groups in total. The van der Waals surface area contributed by atoms with Gasteiger partial charge in [-0.25, -0.2) is 4.98 Å². The molecule has 1 saturated carbocycles. The first-order valence-electron chi connectivity index (χ1n) is 7.58. The highest BCUT2D eigenvalue weighted by molar-refractivity contribution is 5.98. The highest BCUT2D eigenvalue weighted by Crippen LogP contribution is 2.46. The predicted molar refractivity (Wildman–Crippen MR) is 83.1 cm³/mol. The van der Waals surface area contributed by atoms with E-state index in [0.717, 1.165) is 6.42 Å². The van der Waals surface area contributed by atoms with Crippen LogP contribution in [0.25, 0.3) is 0 Å². The molecule has 1 saturated heterocycles. The van der Waals surface area contributed by atoms with Crippen LogP contribution in [0.5, 0.6) is 0 Å². The third-order valence-electron chi connectivity index (χ3n) is 4.65. The van der Waals surface area contributed by atoms with Gasteiger partial charge in [0.05, 0.1) is 11.0 Å². The lowest BCUT2D eigenvalue weighted by molar-refractivity contribution is -0.385. The van der Waals surface area contributed by atoms with Gasteiger partial charge in [0.25, 0.3) is 0 Å². The summed E-state index contributed by atoms with van der Waals surface area (Å²) in [6.45, 7) is 2.44. The van der Waals surface area contributed by atoms with Crippen LogP contribution in [0.15, 0.2) is 18.6 Å². The Kier molecular flexibility index (Phi) is 3.02. The average Bonchev–Trinajstić information content (AvgIpc) is 3.01. The van der Waals surface area contributed by atoms with E-state index in [1.165, 1.54) is 17.1 Å². The Bertz CT molecular complexity index is 849. The number of nitrogens with two attached hydrogens (primary N) is 1. The van der Waals surface area contributed by atoms with Crippen molar-refractivity contribution in [3.63, 3.8) is 0 Å². The zero-order valence-electron chi connectivity index (χ0n) is 12.9. The van der Waals surface area contributed by atoms with Crippen LogP contribution in [0.4, 0.5) is 17.5 Å². The van der Waals surface area contributed by atoms with Gasteiger partial charge in [0, 0.05) is 24.2 Å². The minimum Gasteiger partial charge on any atom is -0.383 e. The summed E-state index contributed by atoms with van der Waals surface area (Å²) in [5.41, 5.74) is 6.51. The highest BCUT2D eigenvalue weighted by Gasteiger charge is 2.53. The number of fused-ring (bicyclic) bond motifs is 1. The lowest BCUT2D eigenvalue weighted by Crippen LogP contribution is -2.30. The second-order valence-corrected chi connectivity index (χ2v) is 6.17. The number of nitro groups is 1. The highest BCUT2D eigenvalue weighted by atomic mass is 16.6. The van der Waals surface area contributed by atoms with E-state index >= 15 is 0 Å². The number of nitrogen functional groups attached to an aromatic ring is 1. The van der Waals surface area contributed by atoms with Crippen LogP contribution in [-0.4, -0.2) is 37.1 Å². The molecule has 24 heavy (non-hydrogen) atoms. The molecule has 3 heterocycles. The van der Waals surface area contributed by atoms with Crippen molar-refractivity contribution in [2.24, 2.45) is 11.8 Å². The molecular weight excluding hydrogens is 314 g/mol. The van der Waals surface area contributed by atoms with Crippen LogP contribution >= 0.6 is 0 Å². The molecule has 2 aromatic rings. The van der Waals surface area contributed by atoms with Crippen molar-refractivity contribution in [3.05, 3.63) is 34.3 Å². The second-order valence-electron chi connectivity index (χ2n) is 6.17. The van der Waals surface area contributed by atoms with Crippen LogP contribution in [-0.2, 0) is 4.79 Å². The number of carbonyl (C=O) groups is 1. The van der Waals surface area contributed by atoms with Gasteiger partial charge in [0.2, 0.25) is 11.9 Å². The summed E-state index contributed by atoms with van der Waals surface area (Å²) >= 11 is 0. The SMILES string of the molecule is CC(c1cnc(N2C[C@H]3C[C@H]3C2=O)nc1N)n1cc([N+](=O)[O-])cn1. The fraction of sp³-hybridized carbons (Fsp3) is 0.429. The third kappa shape index (κ3) is 2.18. The van der Waals surface area contributed by atoms with Crippen molar-refractivity contribution in [3.8, 4) is 0 Å². The van der Waals surface area contributed by atoms with Gasteiger partial charge in [-0.05, 0) is 19.3 Å². The molecule has 2 fully saturated rings. The minimum atomic E-state index is -0.510. The molecule has 2 aromatic heterocycles. The molecular formula is C14H15N7O3. The fourth-order valence-electron chi connectivity index (χ4n) is 3.08. The van der Waals surface area contributed by atoms with Crippen molar-refractivity contribution in [2.45, 2.75) is 19.4 Å². The van der Waals surface area contributed by atoms with E-state index in [4.69, 9.17) is 5.73 Å². The van der Waals surface area contributed by atoms with Gasteiger partial charge < -0.3 is 5.73 Å². The molecule has 1 aliphatic carbocycles. The third-order valence-corrected chi connectivity index (χ3v) is 4.65. The normalized spacial score (nSPS) is 23.2. The predicted octanol–water partition coefficient (Wildman–Crippen LogP) is 0.755.